The number of halogens is 1. The lowest BCUT2D eigenvalue weighted by molar-refractivity contribution is 0.0248. The van der Waals surface area contributed by atoms with Crippen LogP contribution in [0.5, 0.6) is 5.75 Å². The van der Waals surface area contributed by atoms with Crippen LogP contribution in [0.3, 0.4) is 0 Å². The summed E-state index contributed by atoms with van der Waals surface area (Å²) in [5.41, 5.74) is 0.421. The van der Waals surface area contributed by atoms with E-state index in [-0.39, 0.29) is 11.4 Å². The second-order valence-electron chi connectivity index (χ2n) is 5.86. The van der Waals surface area contributed by atoms with E-state index in [0.29, 0.717) is 16.3 Å². The molecule has 1 aromatic carbocycles. The standard InChI is InChI=1S/C15H21ClN2O2/c1-15(2)10-17(3)7-8-18(15)14(19)11-5-6-13(20-4)12(16)9-11/h5-6,9H,7-8,10H2,1-4H3. The predicted octanol–water partition coefficient (Wildman–Crippen LogP) is 2.51. The first kappa shape index (κ1) is 15.1. The van der Waals surface area contributed by atoms with E-state index in [1.54, 1.807) is 25.3 Å². The van der Waals surface area contributed by atoms with Crippen LogP contribution >= 0.6 is 11.6 Å². The van der Waals surface area contributed by atoms with Gasteiger partial charge in [-0.05, 0) is 39.1 Å². The fraction of sp³-hybridized carbons (Fsp3) is 0.533. The van der Waals surface area contributed by atoms with E-state index in [2.05, 4.69) is 25.8 Å². The molecule has 1 heterocycles. The molecule has 0 N–H and O–H groups in total. The minimum absolute atomic E-state index is 0.0210. The number of hydrogen-bond acceptors (Lipinski definition) is 3. The van der Waals surface area contributed by atoms with Gasteiger partial charge < -0.3 is 14.5 Å². The first-order chi connectivity index (χ1) is 9.35. The molecule has 1 aromatic rings. The molecule has 0 atom stereocenters. The first-order valence-electron chi connectivity index (χ1n) is 6.69. The van der Waals surface area contributed by atoms with Gasteiger partial charge in [0.25, 0.3) is 5.91 Å². The molecule has 0 spiro atoms. The Labute approximate surface area is 125 Å². The van der Waals surface area contributed by atoms with Crippen molar-refractivity contribution in [3.63, 3.8) is 0 Å². The van der Waals surface area contributed by atoms with Gasteiger partial charge in [0.05, 0.1) is 17.7 Å². The summed E-state index contributed by atoms with van der Waals surface area (Å²) in [5.74, 6) is 0.605. The second kappa shape index (κ2) is 5.62. The van der Waals surface area contributed by atoms with Crippen LogP contribution in [0.15, 0.2) is 18.2 Å². The number of rotatable bonds is 2. The normalized spacial score (nSPS) is 18.9. The van der Waals surface area contributed by atoms with Crippen LogP contribution in [0.25, 0.3) is 0 Å². The molecule has 0 aliphatic carbocycles. The SMILES string of the molecule is COc1ccc(C(=O)N2CCN(C)CC2(C)C)cc1Cl. The maximum Gasteiger partial charge on any atom is 0.254 e. The molecule has 5 heteroatoms. The largest absolute Gasteiger partial charge is 0.495 e. The highest BCUT2D eigenvalue weighted by atomic mass is 35.5. The Bertz CT molecular complexity index is 517. The zero-order valence-corrected chi connectivity index (χ0v) is 13.2. The number of likely N-dealkylation sites (N-methyl/N-ethyl adjacent to an activating group) is 1. The second-order valence-corrected chi connectivity index (χ2v) is 6.26. The Morgan fingerprint density at radius 3 is 2.60 bits per heavy atom. The van der Waals surface area contributed by atoms with Crippen LogP contribution in [0, 0.1) is 0 Å². The van der Waals surface area contributed by atoms with E-state index >= 15 is 0 Å². The number of ether oxygens (including phenoxy) is 1. The minimum atomic E-state index is -0.184. The maximum atomic E-state index is 12.7. The van der Waals surface area contributed by atoms with Gasteiger partial charge in [-0.15, -0.1) is 0 Å². The van der Waals surface area contributed by atoms with Gasteiger partial charge in [-0.2, -0.15) is 0 Å². The van der Waals surface area contributed by atoms with Crippen LogP contribution in [0.2, 0.25) is 5.02 Å². The van der Waals surface area contributed by atoms with Crippen molar-refractivity contribution < 1.29 is 9.53 Å². The first-order valence-corrected chi connectivity index (χ1v) is 7.07. The Morgan fingerprint density at radius 2 is 2.05 bits per heavy atom. The number of benzene rings is 1. The lowest BCUT2D eigenvalue weighted by atomic mass is 9.97. The van der Waals surface area contributed by atoms with Crippen LogP contribution in [-0.4, -0.2) is 55.0 Å². The molecule has 2 rings (SSSR count). The van der Waals surface area contributed by atoms with Gasteiger partial charge in [0, 0.05) is 25.2 Å². The van der Waals surface area contributed by atoms with Crippen LogP contribution in [0.1, 0.15) is 24.2 Å². The lowest BCUT2D eigenvalue weighted by Crippen LogP contribution is -2.60. The Hall–Kier alpha value is -1.26. The quantitative estimate of drug-likeness (QED) is 0.841. The maximum absolute atomic E-state index is 12.7. The highest BCUT2D eigenvalue weighted by Crippen LogP contribution is 2.28. The van der Waals surface area contributed by atoms with E-state index in [1.807, 2.05) is 4.90 Å². The summed E-state index contributed by atoms with van der Waals surface area (Å²) in [5, 5.41) is 0.463. The van der Waals surface area contributed by atoms with E-state index in [1.165, 1.54) is 0 Å². The number of hydrogen-bond donors (Lipinski definition) is 0. The minimum Gasteiger partial charge on any atom is -0.495 e. The highest BCUT2D eigenvalue weighted by Gasteiger charge is 2.35. The molecular weight excluding hydrogens is 276 g/mol. The van der Waals surface area contributed by atoms with Crippen molar-refractivity contribution in [2.45, 2.75) is 19.4 Å². The number of carbonyl (C=O) groups is 1. The van der Waals surface area contributed by atoms with Gasteiger partial charge in [0.15, 0.2) is 0 Å². The number of methoxy groups -OCH3 is 1. The highest BCUT2D eigenvalue weighted by molar-refractivity contribution is 6.32. The van der Waals surface area contributed by atoms with Crippen molar-refractivity contribution in [2.75, 3.05) is 33.8 Å². The van der Waals surface area contributed by atoms with E-state index in [0.717, 1.165) is 19.6 Å². The van der Waals surface area contributed by atoms with Gasteiger partial charge in [0.1, 0.15) is 5.75 Å². The Kier molecular flexibility index (Phi) is 4.25. The fourth-order valence-corrected chi connectivity index (χ4v) is 2.99. The molecule has 1 amide bonds. The van der Waals surface area contributed by atoms with Gasteiger partial charge in [0.2, 0.25) is 0 Å². The lowest BCUT2D eigenvalue weighted by Gasteiger charge is -2.46. The molecule has 20 heavy (non-hydrogen) atoms. The smallest absolute Gasteiger partial charge is 0.254 e. The van der Waals surface area contributed by atoms with Crippen molar-refractivity contribution in [2.24, 2.45) is 0 Å². The van der Waals surface area contributed by atoms with E-state index in [4.69, 9.17) is 16.3 Å². The monoisotopic (exact) mass is 296 g/mol. The van der Waals surface area contributed by atoms with Gasteiger partial charge in [-0.25, -0.2) is 0 Å². The third-order valence-corrected chi connectivity index (χ3v) is 4.03. The molecule has 110 valence electrons. The fourth-order valence-electron chi connectivity index (χ4n) is 2.73. The number of carbonyl (C=O) groups excluding carboxylic acids is 1. The molecule has 0 saturated carbocycles. The van der Waals surface area contributed by atoms with Crippen molar-refractivity contribution in [1.29, 1.82) is 0 Å². The van der Waals surface area contributed by atoms with Crippen LogP contribution in [-0.2, 0) is 0 Å². The zero-order chi connectivity index (χ0) is 14.9. The molecular formula is C15H21ClN2O2. The third kappa shape index (κ3) is 2.91. The van der Waals surface area contributed by atoms with E-state index < -0.39 is 0 Å². The summed E-state index contributed by atoms with van der Waals surface area (Å²) in [4.78, 5) is 16.8. The van der Waals surface area contributed by atoms with Gasteiger partial charge >= 0.3 is 0 Å². The van der Waals surface area contributed by atoms with Crippen molar-refractivity contribution in [3.8, 4) is 5.75 Å². The Balaban J connectivity index is 2.25. The Morgan fingerprint density at radius 1 is 1.35 bits per heavy atom. The van der Waals surface area contributed by atoms with Crippen molar-refractivity contribution in [1.82, 2.24) is 9.80 Å². The molecule has 1 saturated heterocycles. The predicted molar refractivity (Wildman–Crippen MR) is 80.6 cm³/mol. The number of nitrogens with zero attached hydrogens (tertiary/aromatic N) is 2. The molecule has 0 aromatic heterocycles. The molecule has 4 nitrogen and oxygen atoms in total. The summed E-state index contributed by atoms with van der Waals surface area (Å²) in [7, 11) is 3.64. The van der Waals surface area contributed by atoms with Gasteiger partial charge in [-0.3, -0.25) is 4.79 Å². The van der Waals surface area contributed by atoms with Gasteiger partial charge in [-0.1, -0.05) is 11.6 Å². The topological polar surface area (TPSA) is 32.8 Å². The zero-order valence-electron chi connectivity index (χ0n) is 12.4. The average molecular weight is 297 g/mol. The summed E-state index contributed by atoms with van der Waals surface area (Å²) >= 11 is 6.10. The van der Waals surface area contributed by atoms with Crippen molar-refractivity contribution in [3.05, 3.63) is 28.8 Å². The number of piperazine rings is 1. The van der Waals surface area contributed by atoms with E-state index in [9.17, 15) is 4.79 Å². The molecule has 0 radical (unpaired) electrons. The molecule has 0 bridgehead atoms. The third-order valence-electron chi connectivity index (χ3n) is 3.74. The molecule has 0 unspecified atom stereocenters. The molecule has 1 aliphatic heterocycles. The summed E-state index contributed by atoms with van der Waals surface area (Å²) in [6.07, 6.45) is 0. The summed E-state index contributed by atoms with van der Waals surface area (Å²) in [6.45, 7) is 6.66. The molecule has 1 fully saturated rings. The number of amides is 1. The molecule has 1 aliphatic rings. The average Bonchev–Trinajstić information content (AvgIpc) is 2.36. The van der Waals surface area contributed by atoms with Crippen molar-refractivity contribution >= 4 is 17.5 Å². The van der Waals surface area contributed by atoms with Crippen LogP contribution in [0.4, 0.5) is 0 Å². The summed E-state index contributed by atoms with van der Waals surface area (Å²) < 4.78 is 5.12. The summed E-state index contributed by atoms with van der Waals surface area (Å²) in [6, 6.07) is 5.18. The van der Waals surface area contributed by atoms with Crippen LogP contribution < -0.4 is 4.74 Å².